The summed E-state index contributed by atoms with van der Waals surface area (Å²) in [6.07, 6.45) is 2.23. The molecule has 1 atom stereocenters. The van der Waals surface area contributed by atoms with Gasteiger partial charge in [0.05, 0.1) is 5.41 Å². The van der Waals surface area contributed by atoms with Crippen molar-refractivity contribution in [2.45, 2.75) is 26.2 Å². The summed E-state index contributed by atoms with van der Waals surface area (Å²) in [4.78, 5) is 11.9. The lowest BCUT2D eigenvalue weighted by atomic mass is 9.76. The molecule has 0 unspecified atom stereocenters. The van der Waals surface area contributed by atoms with E-state index in [0.29, 0.717) is 18.7 Å². The van der Waals surface area contributed by atoms with Crippen molar-refractivity contribution in [2.24, 2.45) is 11.1 Å². The molecule has 116 valence electrons. The molecule has 1 aliphatic heterocycles. The Hall–Kier alpha value is -2.14. The van der Waals surface area contributed by atoms with Crippen molar-refractivity contribution in [2.75, 3.05) is 13.1 Å². The van der Waals surface area contributed by atoms with Gasteiger partial charge in [-0.05, 0) is 26.3 Å². The van der Waals surface area contributed by atoms with E-state index in [1.807, 2.05) is 37.3 Å². The number of carbonyl (C=O) groups excluding carboxylic acids is 1. The predicted molar refractivity (Wildman–Crippen MR) is 84.1 cm³/mol. The topological polar surface area (TPSA) is 81.2 Å². The van der Waals surface area contributed by atoms with Gasteiger partial charge in [0.1, 0.15) is 11.5 Å². The highest BCUT2D eigenvalue weighted by atomic mass is 16.5. The lowest BCUT2D eigenvalue weighted by molar-refractivity contribution is -0.128. The summed E-state index contributed by atoms with van der Waals surface area (Å²) < 4.78 is 5.44. The van der Waals surface area contributed by atoms with E-state index < -0.39 is 5.41 Å². The van der Waals surface area contributed by atoms with E-state index in [4.69, 9.17) is 10.3 Å². The number of nitrogens with two attached hydrogens (primary N) is 1. The van der Waals surface area contributed by atoms with Gasteiger partial charge >= 0.3 is 0 Å². The lowest BCUT2D eigenvalue weighted by Gasteiger charge is -2.33. The molecule has 3 rings (SSSR count). The third-order valence-corrected chi connectivity index (χ3v) is 4.41. The van der Waals surface area contributed by atoms with Gasteiger partial charge in [0.25, 0.3) is 0 Å². The maximum absolute atomic E-state index is 11.9. The predicted octanol–water partition coefficient (Wildman–Crippen LogP) is 2.05. The number of hydrogen-bond donors (Lipinski definition) is 2. The van der Waals surface area contributed by atoms with Gasteiger partial charge in [0.15, 0.2) is 0 Å². The smallest absolute Gasteiger partial charge is 0.225 e. The minimum atomic E-state index is -0.567. The molecule has 1 fully saturated rings. The Kier molecular flexibility index (Phi) is 3.98. The third-order valence-electron chi connectivity index (χ3n) is 4.41. The summed E-state index contributed by atoms with van der Waals surface area (Å²) >= 11 is 0. The fraction of sp³-hybridized carbons (Fsp3) is 0.412. The number of hydrogen-bond acceptors (Lipinski definition) is 4. The van der Waals surface area contributed by atoms with E-state index in [-0.39, 0.29) is 5.91 Å². The van der Waals surface area contributed by atoms with Crippen LogP contribution in [-0.2, 0) is 11.2 Å². The Morgan fingerprint density at radius 3 is 2.82 bits per heavy atom. The molecular weight excluding hydrogens is 278 g/mol. The van der Waals surface area contributed by atoms with Gasteiger partial charge in [0, 0.05) is 24.6 Å². The van der Waals surface area contributed by atoms with E-state index in [1.165, 1.54) is 5.56 Å². The summed E-state index contributed by atoms with van der Waals surface area (Å²) in [5, 5.41) is 7.38. The van der Waals surface area contributed by atoms with Gasteiger partial charge < -0.3 is 15.6 Å². The van der Waals surface area contributed by atoms with Crippen LogP contribution < -0.4 is 11.1 Å². The standard InChI is InChI=1S/C17H21N3O2/c1-12-3-5-13(6-4-12)15-9-14(22-20-15)10-17(16(18)21)7-2-8-19-11-17/h3-6,9,19H,2,7-8,10-11H2,1H3,(H2,18,21)/t17-/m1/s1. The molecule has 1 aliphatic rings. The molecule has 0 radical (unpaired) electrons. The van der Waals surface area contributed by atoms with Crippen molar-refractivity contribution >= 4 is 5.91 Å². The summed E-state index contributed by atoms with van der Waals surface area (Å²) in [5.74, 6) is 0.436. The van der Waals surface area contributed by atoms with Crippen LogP contribution in [0, 0.1) is 12.3 Å². The number of nitrogens with zero attached hydrogens (tertiary/aromatic N) is 1. The van der Waals surface area contributed by atoms with E-state index in [1.54, 1.807) is 0 Å². The van der Waals surface area contributed by atoms with Crippen molar-refractivity contribution in [1.82, 2.24) is 10.5 Å². The molecule has 22 heavy (non-hydrogen) atoms. The van der Waals surface area contributed by atoms with E-state index in [2.05, 4.69) is 10.5 Å². The molecule has 0 spiro atoms. The van der Waals surface area contributed by atoms with Gasteiger partial charge in [-0.2, -0.15) is 0 Å². The van der Waals surface area contributed by atoms with Gasteiger partial charge in [0.2, 0.25) is 5.91 Å². The second-order valence-electron chi connectivity index (χ2n) is 6.15. The van der Waals surface area contributed by atoms with Crippen LogP contribution in [0.4, 0.5) is 0 Å². The monoisotopic (exact) mass is 299 g/mol. The Morgan fingerprint density at radius 1 is 1.41 bits per heavy atom. The van der Waals surface area contributed by atoms with E-state index >= 15 is 0 Å². The van der Waals surface area contributed by atoms with Crippen molar-refractivity contribution in [1.29, 1.82) is 0 Å². The number of primary amides is 1. The van der Waals surface area contributed by atoms with Crippen LogP contribution in [0.2, 0.25) is 0 Å². The van der Waals surface area contributed by atoms with Crippen LogP contribution in [0.1, 0.15) is 24.2 Å². The molecule has 0 aliphatic carbocycles. The normalized spacial score (nSPS) is 21.7. The number of amides is 1. The minimum Gasteiger partial charge on any atom is -0.369 e. The first-order valence-corrected chi connectivity index (χ1v) is 7.62. The van der Waals surface area contributed by atoms with Crippen LogP contribution >= 0.6 is 0 Å². The second kappa shape index (κ2) is 5.93. The quantitative estimate of drug-likeness (QED) is 0.905. The van der Waals surface area contributed by atoms with Crippen LogP contribution in [0.5, 0.6) is 0 Å². The number of aryl methyl sites for hydroxylation is 1. The number of piperidine rings is 1. The average molecular weight is 299 g/mol. The van der Waals surface area contributed by atoms with Crippen molar-refractivity contribution in [3.8, 4) is 11.3 Å². The maximum Gasteiger partial charge on any atom is 0.225 e. The molecule has 0 bridgehead atoms. The van der Waals surface area contributed by atoms with E-state index in [0.717, 1.165) is 30.6 Å². The first kappa shape index (κ1) is 14.8. The van der Waals surface area contributed by atoms with Gasteiger partial charge in [-0.3, -0.25) is 4.79 Å². The SMILES string of the molecule is Cc1ccc(-c2cc(C[C@]3(C(N)=O)CCCNC3)on2)cc1. The fourth-order valence-corrected chi connectivity index (χ4v) is 3.01. The molecule has 2 aromatic rings. The molecule has 3 N–H and O–H groups in total. The van der Waals surface area contributed by atoms with Crippen LogP contribution in [-0.4, -0.2) is 24.2 Å². The lowest BCUT2D eigenvalue weighted by Crippen LogP contribution is -2.50. The van der Waals surface area contributed by atoms with Crippen molar-refractivity contribution < 1.29 is 9.32 Å². The summed E-state index contributed by atoms with van der Waals surface area (Å²) in [6, 6.07) is 10.0. The molecule has 1 aromatic heterocycles. The molecule has 0 saturated carbocycles. The summed E-state index contributed by atoms with van der Waals surface area (Å²) in [6.45, 7) is 3.58. The molecule has 5 nitrogen and oxygen atoms in total. The third kappa shape index (κ3) is 2.90. The number of benzene rings is 1. The Morgan fingerprint density at radius 2 is 2.18 bits per heavy atom. The van der Waals surface area contributed by atoms with Gasteiger partial charge in [-0.1, -0.05) is 35.0 Å². The second-order valence-corrected chi connectivity index (χ2v) is 6.15. The zero-order valence-electron chi connectivity index (χ0n) is 12.8. The highest BCUT2D eigenvalue weighted by Gasteiger charge is 2.39. The van der Waals surface area contributed by atoms with Crippen molar-refractivity contribution in [3.05, 3.63) is 41.7 Å². The van der Waals surface area contributed by atoms with E-state index in [9.17, 15) is 4.79 Å². The Balaban J connectivity index is 1.81. The fourth-order valence-electron chi connectivity index (χ4n) is 3.01. The molecule has 2 heterocycles. The number of nitrogens with one attached hydrogen (secondary N) is 1. The van der Waals surface area contributed by atoms with Crippen molar-refractivity contribution in [3.63, 3.8) is 0 Å². The number of aromatic nitrogens is 1. The zero-order chi connectivity index (χ0) is 15.6. The number of rotatable bonds is 4. The minimum absolute atomic E-state index is 0.270. The summed E-state index contributed by atoms with van der Waals surface area (Å²) in [7, 11) is 0. The first-order chi connectivity index (χ1) is 10.6. The molecule has 5 heteroatoms. The zero-order valence-corrected chi connectivity index (χ0v) is 12.8. The Labute approximate surface area is 129 Å². The molecular formula is C17H21N3O2. The summed E-state index contributed by atoms with van der Waals surface area (Å²) in [5.41, 5.74) is 8.08. The molecule has 1 amide bonds. The molecule has 1 saturated heterocycles. The maximum atomic E-state index is 11.9. The highest BCUT2D eigenvalue weighted by Crippen LogP contribution is 2.31. The highest BCUT2D eigenvalue weighted by molar-refractivity contribution is 5.81. The van der Waals surface area contributed by atoms with Crippen LogP contribution in [0.25, 0.3) is 11.3 Å². The molecule has 1 aromatic carbocycles. The van der Waals surface area contributed by atoms with Gasteiger partial charge in [-0.25, -0.2) is 0 Å². The average Bonchev–Trinajstić information content (AvgIpc) is 2.97. The Bertz CT molecular complexity index is 655. The van der Waals surface area contributed by atoms with Crippen LogP contribution in [0.3, 0.4) is 0 Å². The largest absolute Gasteiger partial charge is 0.369 e. The van der Waals surface area contributed by atoms with Crippen LogP contribution in [0.15, 0.2) is 34.9 Å². The van der Waals surface area contributed by atoms with Gasteiger partial charge in [-0.15, -0.1) is 0 Å². The first-order valence-electron chi connectivity index (χ1n) is 7.62. The number of carbonyl (C=O) groups is 1.